The number of carbonyl (C=O) groups excluding carboxylic acids is 4. The summed E-state index contributed by atoms with van der Waals surface area (Å²) in [6.45, 7) is 4.00. The van der Waals surface area contributed by atoms with Gasteiger partial charge in [0, 0.05) is 22.5 Å². The van der Waals surface area contributed by atoms with E-state index in [9.17, 15) is 19.2 Å². The number of amides is 4. The van der Waals surface area contributed by atoms with Crippen LogP contribution in [0.15, 0.2) is 160 Å². The Hall–Kier alpha value is -7.40. The molecule has 0 saturated heterocycles. The molecule has 0 aliphatic carbocycles. The SMILES string of the molecule is Cc1ccc(N=Nc2ccc(NC(=O)c3ccc(N4C(=O)c5ccc(C(=O)Nc6ccc(N=Nc7ccc(C)cc7)cc6)cc5C4=O)cc3)cc2)cc1. The van der Waals surface area contributed by atoms with Gasteiger partial charge >= 0.3 is 0 Å². The van der Waals surface area contributed by atoms with Gasteiger partial charge in [-0.3, -0.25) is 19.2 Å². The quantitative estimate of drug-likeness (QED) is 0.114. The first-order chi connectivity index (χ1) is 25.7. The van der Waals surface area contributed by atoms with E-state index in [1.165, 1.54) is 42.5 Å². The summed E-state index contributed by atoms with van der Waals surface area (Å²) in [5.41, 5.74) is 7.19. The van der Waals surface area contributed by atoms with Crippen LogP contribution in [0.5, 0.6) is 0 Å². The summed E-state index contributed by atoms with van der Waals surface area (Å²) in [5, 5.41) is 22.6. The van der Waals surface area contributed by atoms with E-state index in [4.69, 9.17) is 0 Å². The van der Waals surface area contributed by atoms with Crippen LogP contribution >= 0.6 is 0 Å². The number of rotatable bonds is 9. The molecule has 0 radical (unpaired) electrons. The molecule has 0 spiro atoms. The van der Waals surface area contributed by atoms with Gasteiger partial charge in [-0.2, -0.15) is 20.5 Å². The number of azo groups is 2. The maximum absolute atomic E-state index is 13.4. The Bertz CT molecular complexity index is 2400. The van der Waals surface area contributed by atoms with Gasteiger partial charge in [-0.05, 0) is 129 Å². The summed E-state index contributed by atoms with van der Waals surface area (Å²) in [4.78, 5) is 53.8. The van der Waals surface area contributed by atoms with Crippen LogP contribution in [0.2, 0.25) is 0 Å². The minimum Gasteiger partial charge on any atom is -0.322 e. The van der Waals surface area contributed by atoms with E-state index in [0.717, 1.165) is 27.4 Å². The number of fused-ring (bicyclic) bond motifs is 1. The van der Waals surface area contributed by atoms with Crippen molar-refractivity contribution in [1.29, 1.82) is 0 Å². The second-order valence-electron chi connectivity index (χ2n) is 12.3. The predicted octanol–water partition coefficient (Wildman–Crippen LogP) is 10.4. The zero-order valence-electron chi connectivity index (χ0n) is 28.6. The number of anilines is 3. The summed E-state index contributed by atoms with van der Waals surface area (Å²) < 4.78 is 0. The summed E-state index contributed by atoms with van der Waals surface area (Å²) in [7, 11) is 0. The Morgan fingerprint density at radius 3 is 1.28 bits per heavy atom. The normalized spacial score (nSPS) is 12.4. The minimum absolute atomic E-state index is 0.109. The van der Waals surface area contributed by atoms with Crippen molar-refractivity contribution < 1.29 is 19.2 Å². The van der Waals surface area contributed by atoms with Crippen molar-refractivity contribution in [3.05, 3.63) is 173 Å². The lowest BCUT2D eigenvalue weighted by Gasteiger charge is -2.14. The van der Waals surface area contributed by atoms with Crippen molar-refractivity contribution in [3.8, 4) is 0 Å². The number of nitrogens with zero attached hydrogens (tertiary/aromatic N) is 5. The van der Waals surface area contributed by atoms with Gasteiger partial charge < -0.3 is 10.6 Å². The third-order valence-electron chi connectivity index (χ3n) is 8.42. The zero-order valence-corrected chi connectivity index (χ0v) is 28.6. The molecule has 7 rings (SSSR count). The van der Waals surface area contributed by atoms with Crippen molar-refractivity contribution in [3.63, 3.8) is 0 Å². The van der Waals surface area contributed by atoms with Gasteiger partial charge in [-0.25, -0.2) is 4.90 Å². The first kappa shape index (κ1) is 34.1. The number of hydrogen-bond donors (Lipinski definition) is 2. The number of nitrogens with one attached hydrogen (secondary N) is 2. The minimum atomic E-state index is -0.570. The van der Waals surface area contributed by atoms with E-state index >= 15 is 0 Å². The molecule has 4 amide bonds. The fraction of sp³-hybridized carbons (Fsp3) is 0.0476. The Balaban J connectivity index is 0.962. The molecule has 258 valence electrons. The topological polar surface area (TPSA) is 145 Å². The highest BCUT2D eigenvalue weighted by atomic mass is 16.2. The van der Waals surface area contributed by atoms with Gasteiger partial charge in [0.2, 0.25) is 0 Å². The molecule has 0 fully saturated rings. The molecule has 0 bridgehead atoms. The zero-order chi connectivity index (χ0) is 36.9. The van der Waals surface area contributed by atoms with Crippen LogP contribution in [0.25, 0.3) is 0 Å². The summed E-state index contributed by atoms with van der Waals surface area (Å²) in [5.74, 6) is -1.91. The summed E-state index contributed by atoms with van der Waals surface area (Å²) >= 11 is 0. The standard InChI is InChI=1S/C42H31N7O4/c1-26-3-10-32(11-4-26)45-47-34-18-14-30(15-19-34)43-39(50)28-7-22-36(23-8-28)49-41(52)37-24-9-29(25-38(37)42(49)53)40(51)44-31-16-20-35(21-17-31)48-46-33-12-5-27(2)6-13-33/h3-25H,1-2H3,(H,43,50)(H,44,51). The maximum Gasteiger partial charge on any atom is 0.266 e. The molecule has 0 unspecified atom stereocenters. The summed E-state index contributed by atoms with van der Waals surface area (Å²) in [6, 6.07) is 39.7. The molecule has 0 aromatic heterocycles. The van der Waals surface area contributed by atoms with E-state index in [1.54, 1.807) is 48.5 Å². The molecule has 2 N–H and O–H groups in total. The second kappa shape index (κ2) is 14.8. The van der Waals surface area contributed by atoms with Crippen LogP contribution in [-0.2, 0) is 0 Å². The van der Waals surface area contributed by atoms with E-state index in [2.05, 4.69) is 31.1 Å². The van der Waals surface area contributed by atoms with E-state index in [1.807, 2.05) is 62.4 Å². The Morgan fingerprint density at radius 2 is 0.830 bits per heavy atom. The molecule has 1 aliphatic rings. The number of imide groups is 1. The lowest BCUT2D eigenvalue weighted by molar-refractivity contribution is 0.0924. The van der Waals surface area contributed by atoms with Crippen LogP contribution < -0.4 is 15.5 Å². The predicted molar refractivity (Wildman–Crippen MR) is 204 cm³/mol. The first-order valence-corrected chi connectivity index (χ1v) is 16.6. The summed E-state index contributed by atoms with van der Waals surface area (Å²) in [6.07, 6.45) is 0. The highest BCUT2D eigenvalue weighted by Crippen LogP contribution is 2.30. The van der Waals surface area contributed by atoms with Gasteiger partial charge in [0.1, 0.15) is 0 Å². The number of carbonyl (C=O) groups is 4. The maximum atomic E-state index is 13.4. The Morgan fingerprint density at radius 1 is 0.453 bits per heavy atom. The average Bonchev–Trinajstić information content (AvgIpc) is 3.43. The van der Waals surface area contributed by atoms with Crippen molar-refractivity contribution in [2.45, 2.75) is 13.8 Å². The van der Waals surface area contributed by atoms with Crippen molar-refractivity contribution in [2.75, 3.05) is 15.5 Å². The smallest absolute Gasteiger partial charge is 0.266 e. The lowest BCUT2D eigenvalue weighted by atomic mass is 10.1. The van der Waals surface area contributed by atoms with E-state index in [-0.39, 0.29) is 22.6 Å². The van der Waals surface area contributed by atoms with E-state index < -0.39 is 17.7 Å². The monoisotopic (exact) mass is 697 g/mol. The van der Waals surface area contributed by atoms with Gasteiger partial charge in [0.15, 0.2) is 0 Å². The Labute approximate surface area is 304 Å². The molecule has 11 nitrogen and oxygen atoms in total. The van der Waals surface area contributed by atoms with Gasteiger partial charge in [-0.15, -0.1) is 0 Å². The molecule has 6 aromatic rings. The number of benzene rings is 6. The number of aryl methyl sites for hydroxylation is 2. The molecule has 53 heavy (non-hydrogen) atoms. The molecule has 0 saturated carbocycles. The second-order valence-corrected chi connectivity index (χ2v) is 12.3. The van der Waals surface area contributed by atoms with Gasteiger partial charge in [0.05, 0.1) is 39.6 Å². The van der Waals surface area contributed by atoms with Crippen molar-refractivity contribution in [2.24, 2.45) is 20.5 Å². The third-order valence-corrected chi connectivity index (χ3v) is 8.42. The highest BCUT2D eigenvalue weighted by molar-refractivity contribution is 6.35. The van der Waals surface area contributed by atoms with Gasteiger partial charge in [0.25, 0.3) is 23.6 Å². The van der Waals surface area contributed by atoms with Crippen LogP contribution in [0.3, 0.4) is 0 Å². The molecule has 1 heterocycles. The fourth-order valence-electron chi connectivity index (χ4n) is 5.46. The number of hydrogen-bond acceptors (Lipinski definition) is 8. The fourth-order valence-corrected chi connectivity index (χ4v) is 5.46. The molecule has 0 atom stereocenters. The van der Waals surface area contributed by atoms with Crippen LogP contribution in [-0.4, -0.2) is 23.6 Å². The highest BCUT2D eigenvalue weighted by Gasteiger charge is 2.37. The van der Waals surface area contributed by atoms with Crippen LogP contribution in [0, 0.1) is 13.8 Å². The molecule has 11 heteroatoms. The Kier molecular flexibility index (Phi) is 9.54. The van der Waals surface area contributed by atoms with Crippen LogP contribution in [0.4, 0.5) is 39.8 Å². The van der Waals surface area contributed by atoms with Gasteiger partial charge in [-0.1, -0.05) is 35.4 Å². The molecular formula is C42H31N7O4. The average molecular weight is 698 g/mol. The molecule has 6 aromatic carbocycles. The van der Waals surface area contributed by atoms with E-state index in [0.29, 0.717) is 34.0 Å². The third kappa shape index (κ3) is 7.84. The molecular weight excluding hydrogens is 667 g/mol. The lowest BCUT2D eigenvalue weighted by Crippen LogP contribution is -2.29. The van der Waals surface area contributed by atoms with Crippen molar-refractivity contribution in [1.82, 2.24) is 0 Å². The van der Waals surface area contributed by atoms with Crippen LogP contribution in [0.1, 0.15) is 52.6 Å². The molecule has 1 aliphatic heterocycles. The first-order valence-electron chi connectivity index (χ1n) is 16.6. The van der Waals surface area contributed by atoms with Crippen molar-refractivity contribution >= 4 is 63.4 Å². The largest absolute Gasteiger partial charge is 0.322 e.